The molecular formula is C28H32N4O5S. The first kappa shape index (κ1) is 27.5. The third-order valence-corrected chi connectivity index (χ3v) is 7.23. The van der Waals surface area contributed by atoms with Crippen molar-refractivity contribution in [3.8, 4) is 16.6 Å². The van der Waals surface area contributed by atoms with Gasteiger partial charge in [-0.05, 0) is 71.1 Å². The summed E-state index contributed by atoms with van der Waals surface area (Å²) < 4.78 is 11.4. The van der Waals surface area contributed by atoms with Crippen molar-refractivity contribution in [1.82, 2.24) is 15.1 Å². The second-order valence-electron chi connectivity index (χ2n) is 10.6. The molecule has 0 saturated carbocycles. The van der Waals surface area contributed by atoms with E-state index in [1.807, 2.05) is 44.2 Å². The topological polar surface area (TPSA) is 126 Å². The van der Waals surface area contributed by atoms with E-state index in [1.54, 1.807) is 20.8 Å². The highest BCUT2D eigenvalue weighted by Crippen LogP contribution is 2.42. The summed E-state index contributed by atoms with van der Waals surface area (Å²) in [6.45, 7) is 8.71. The molecule has 0 saturated heterocycles. The summed E-state index contributed by atoms with van der Waals surface area (Å²) in [5.74, 6) is -1.10. The first-order chi connectivity index (χ1) is 18.0. The molecule has 9 nitrogen and oxygen atoms in total. The molecule has 0 fully saturated rings. The van der Waals surface area contributed by atoms with E-state index in [0.717, 1.165) is 27.3 Å². The van der Waals surface area contributed by atoms with E-state index < -0.39 is 30.3 Å². The molecule has 1 heterocycles. The van der Waals surface area contributed by atoms with Crippen LogP contribution in [0.4, 0.5) is 4.79 Å². The number of hydrogen-bond acceptors (Lipinski definition) is 8. The van der Waals surface area contributed by atoms with Crippen molar-refractivity contribution in [1.29, 1.82) is 5.26 Å². The van der Waals surface area contributed by atoms with Gasteiger partial charge in [0.05, 0.1) is 29.9 Å². The van der Waals surface area contributed by atoms with Gasteiger partial charge in [0.2, 0.25) is 0 Å². The van der Waals surface area contributed by atoms with Crippen molar-refractivity contribution in [3.05, 3.63) is 52.1 Å². The summed E-state index contributed by atoms with van der Waals surface area (Å²) in [5, 5.41) is 29.4. The van der Waals surface area contributed by atoms with Gasteiger partial charge >= 0.3 is 12.1 Å². The Hall–Kier alpha value is -3.55. The number of carboxylic acid groups (broad SMARTS) is 1. The second-order valence-corrected chi connectivity index (χ2v) is 11.6. The fourth-order valence-electron chi connectivity index (χ4n) is 4.76. The van der Waals surface area contributed by atoms with E-state index in [9.17, 15) is 20.0 Å². The standard InChI is InChI=1S/C28H32N4O5S/c1-16(2)36-23-12-9-17(13-18(23)14-29)25-30-31-26(38-25)21-8-6-7-20-19(21)10-11-22(20)32(15-24(33)34)27(35)37-28(3,4)5/h6-9,13,16,22-23H,10-12,15H2,1-5H3,(H,33,34)/t22-,23?/m1/s1. The predicted octanol–water partition coefficient (Wildman–Crippen LogP) is 5.54. The molecule has 0 bridgehead atoms. The van der Waals surface area contributed by atoms with Crippen LogP contribution in [0.3, 0.4) is 0 Å². The number of nitrogens with zero attached hydrogens (tertiary/aromatic N) is 4. The lowest BCUT2D eigenvalue weighted by atomic mass is 9.97. The number of rotatable bonds is 7. The Bertz CT molecular complexity index is 1330. The molecule has 38 heavy (non-hydrogen) atoms. The molecule has 2 aromatic rings. The Balaban J connectivity index is 1.61. The van der Waals surface area contributed by atoms with Crippen LogP contribution in [-0.4, -0.2) is 56.6 Å². The number of allylic oxidation sites excluding steroid dienone is 2. The molecule has 200 valence electrons. The Morgan fingerprint density at radius 2 is 2.00 bits per heavy atom. The van der Waals surface area contributed by atoms with E-state index in [2.05, 4.69) is 16.3 Å². The Labute approximate surface area is 226 Å². The fraction of sp³-hybridized carbons (Fsp3) is 0.464. The summed E-state index contributed by atoms with van der Waals surface area (Å²) in [4.78, 5) is 25.8. The van der Waals surface area contributed by atoms with Crippen molar-refractivity contribution in [2.75, 3.05) is 6.54 Å². The highest BCUT2D eigenvalue weighted by atomic mass is 32.1. The number of fused-ring (bicyclic) bond motifs is 1. The number of amides is 1. The SMILES string of the molecule is CC(C)OC1CC=C(c2nnc(-c3cccc4c3CC[C@H]4N(CC(=O)O)C(=O)OC(C)(C)C)s2)C=C1C#N. The molecule has 1 amide bonds. The van der Waals surface area contributed by atoms with Gasteiger partial charge in [0.1, 0.15) is 22.2 Å². The summed E-state index contributed by atoms with van der Waals surface area (Å²) >= 11 is 1.44. The molecule has 0 aliphatic heterocycles. The molecule has 1 aromatic carbocycles. The number of carbonyl (C=O) groups excluding carboxylic acids is 1. The van der Waals surface area contributed by atoms with Gasteiger partial charge in [-0.25, -0.2) is 4.79 Å². The summed E-state index contributed by atoms with van der Waals surface area (Å²) in [6, 6.07) is 7.63. The molecule has 1 N–H and O–H groups in total. The highest BCUT2D eigenvalue weighted by Gasteiger charge is 2.36. The van der Waals surface area contributed by atoms with Gasteiger partial charge < -0.3 is 14.6 Å². The Kier molecular flexibility index (Phi) is 7.99. The van der Waals surface area contributed by atoms with Gasteiger partial charge in [0.25, 0.3) is 0 Å². The summed E-state index contributed by atoms with van der Waals surface area (Å²) in [5.41, 5.74) is 3.50. The molecule has 1 aromatic heterocycles. The molecule has 4 rings (SSSR count). The first-order valence-corrected chi connectivity index (χ1v) is 13.4. The zero-order chi connectivity index (χ0) is 27.6. The van der Waals surface area contributed by atoms with Crippen molar-refractivity contribution >= 4 is 29.0 Å². The maximum atomic E-state index is 12.9. The molecular weight excluding hydrogens is 504 g/mol. The van der Waals surface area contributed by atoms with Gasteiger partial charge in [-0.1, -0.05) is 35.6 Å². The molecule has 0 radical (unpaired) electrons. The van der Waals surface area contributed by atoms with Crippen LogP contribution in [0.5, 0.6) is 0 Å². The zero-order valence-corrected chi connectivity index (χ0v) is 23.0. The number of aliphatic carboxylic acids is 1. The van der Waals surface area contributed by atoms with Crippen LogP contribution >= 0.6 is 11.3 Å². The van der Waals surface area contributed by atoms with Gasteiger partial charge in [-0.3, -0.25) is 9.69 Å². The predicted molar refractivity (Wildman–Crippen MR) is 143 cm³/mol. The third-order valence-electron chi connectivity index (χ3n) is 6.23. The lowest BCUT2D eigenvalue weighted by Gasteiger charge is -2.31. The van der Waals surface area contributed by atoms with E-state index in [4.69, 9.17) is 9.47 Å². The number of benzene rings is 1. The van der Waals surface area contributed by atoms with Crippen LogP contribution in [-0.2, 0) is 20.7 Å². The van der Waals surface area contributed by atoms with Crippen LogP contribution in [0.1, 0.15) is 69.6 Å². The minimum absolute atomic E-state index is 0.0191. The molecule has 2 aliphatic rings. The lowest BCUT2D eigenvalue weighted by molar-refractivity contribution is -0.138. The van der Waals surface area contributed by atoms with Crippen LogP contribution in [0, 0.1) is 11.3 Å². The van der Waals surface area contributed by atoms with Gasteiger partial charge in [-0.2, -0.15) is 5.26 Å². The van der Waals surface area contributed by atoms with Crippen molar-refractivity contribution in [3.63, 3.8) is 0 Å². The van der Waals surface area contributed by atoms with Crippen LogP contribution in [0.2, 0.25) is 0 Å². The number of hydrogen-bond donors (Lipinski definition) is 1. The summed E-state index contributed by atoms with van der Waals surface area (Å²) in [6.07, 6.45) is 4.79. The fourth-order valence-corrected chi connectivity index (χ4v) is 5.67. The largest absolute Gasteiger partial charge is 0.480 e. The smallest absolute Gasteiger partial charge is 0.411 e. The number of carbonyl (C=O) groups is 2. The zero-order valence-electron chi connectivity index (χ0n) is 22.2. The van der Waals surface area contributed by atoms with Gasteiger partial charge in [-0.15, -0.1) is 10.2 Å². The maximum absolute atomic E-state index is 12.9. The van der Waals surface area contributed by atoms with E-state index in [0.29, 0.717) is 29.8 Å². The minimum atomic E-state index is -1.10. The minimum Gasteiger partial charge on any atom is -0.480 e. The number of carboxylic acids is 1. The van der Waals surface area contributed by atoms with E-state index in [-0.39, 0.29) is 12.2 Å². The van der Waals surface area contributed by atoms with Crippen LogP contribution < -0.4 is 0 Å². The van der Waals surface area contributed by atoms with Gasteiger partial charge in [0.15, 0.2) is 0 Å². The number of aromatic nitrogens is 2. The third kappa shape index (κ3) is 6.11. The molecule has 2 atom stereocenters. The average Bonchev–Trinajstić information content (AvgIpc) is 3.49. The Morgan fingerprint density at radius 3 is 2.66 bits per heavy atom. The quantitative estimate of drug-likeness (QED) is 0.489. The van der Waals surface area contributed by atoms with Crippen LogP contribution in [0.25, 0.3) is 16.1 Å². The highest BCUT2D eigenvalue weighted by molar-refractivity contribution is 7.15. The Morgan fingerprint density at radius 1 is 1.26 bits per heavy atom. The normalized spacial score (nSPS) is 18.9. The number of ether oxygens (including phenoxy) is 2. The lowest BCUT2D eigenvalue weighted by Crippen LogP contribution is -2.41. The van der Waals surface area contributed by atoms with E-state index in [1.165, 1.54) is 16.2 Å². The average molecular weight is 537 g/mol. The first-order valence-electron chi connectivity index (χ1n) is 12.6. The van der Waals surface area contributed by atoms with Crippen LogP contribution in [0.15, 0.2) is 35.9 Å². The van der Waals surface area contributed by atoms with E-state index >= 15 is 0 Å². The molecule has 0 spiro atoms. The maximum Gasteiger partial charge on any atom is 0.411 e. The van der Waals surface area contributed by atoms with Crippen molar-refractivity contribution < 1.29 is 24.2 Å². The molecule has 2 aliphatic carbocycles. The van der Waals surface area contributed by atoms with Crippen molar-refractivity contribution in [2.45, 2.75) is 77.7 Å². The van der Waals surface area contributed by atoms with Crippen molar-refractivity contribution in [2.24, 2.45) is 0 Å². The number of nitriles is 1. The second kappa shape index (κ2) is 11.1. The summed E-state index contributed by atoms with van der Waals surface area (Å²) in [7, 11) is 0. The molecule has 1 unspecified atom stereocenters. The molecule has 10 heteroatoms. The monoisotopic (exact) mass is 536 g/mol. The van der Waals surface area contributed by atoms with Gasteiger partial charge in [0, 0.05) is 11.1 Å².